The summed E-state index contributed by atoms with van der Waals surface area (Å²) in [5.74, 6) is -0.380. The number of esters is 1. The van der Waals surface area contributed by atoms with Crippen molar-refractivity contribution in [1.82, 2.24) is 0 Å². The molecule has 4 heteroatoms. The Bertz CT molecular complexity index is 413. The van der Waals surface area contributed by atoms with Gasteiger partial charge in [0.05, 0.1) is 12.2 Å². The van der Waals surface area contributed by atoms with Crippen LogP contribution in [0.25, 0.3) is 0 Å². The van der Waals surface area contributed by atoms with Gasteiger partial charge in [-0.2, -0.15) is 0 Å². The zero-order valence-corrected chi connectivity index (χ0v) is 10.8. The van der Waals surface area contributed by atoms with Gasteiger partial charge in [0, 0.05) is 10.9 Å². The van der Waals surface area contributed by atoms with Gasteiger partial charge < -0.3 is 4.74 Å². The smallest absolute Gasteiger partial charge is 0.339 e. The third-order valence-electron chi connectivity index (χ3n) is 2.02. The Hall–Kier alpha value is -1.16. The fourth-order valence-corrected chi connectivity index (χ4v) is 1.99. The molecule has 0 aliphatic heterocycles. The van der Waals surface area contributed by atoms with Gasteiger partial charge in [-0.05, 0) is 41.4 Å². The molecule has 1 rings (SSSR count). The Morgan fingerprint density at radius 3 is 2.62 bits per heavy atom. The van der Waals surface area contributed by atoms with Crippen molar-refractivity contribution < 1.29 is 14.3 Å². The zero-order valence-electron chi connectivity index (χ0n) is 9.25. The van der Waals surface area contributed by atoms with Gasteiger partial charge in [-0.1, -0.05) is 12.1 Å². The molecule has 0 amide bonds. The first-order valence-electron chi connectivity index (χ1n) is 5.00. The Morgan fingerprint density at radius 1 is 1.38 bits per heavy atom. The number of carbonyl (C=O) groups excluding carboxylic acids is 2. The molecule has 0 saturated heterocycles. The highest BCUT2D eigenvalue weighted by molar-refractivity contribution is 9.10. The predicted octanol–water partition coefficient (Wildman–Crippen LogP) is 2.76. The minimum atomic E-state index is -0.397. The number of ether oxygens (including phenoxy) is 1. The highest BCUT2D eigenvalue weighted by Crippen LogP contribution is 2.22. The van der Waals surface area contributed by atoms with Crippen molar-refractivity contribution in [1.29, 1.82) is 0 Å². The van der Waals surface area contributed by atoms with E-state index < -0.39 is 5.97 Å². The van der Waals surface area contributed by atoms with Gasteiger partial charge in [0.25, 0.3) is 0 Å². The highest BCUT2D eigenvalue weighted by atomic mass is 79.9. The molecule has 3 nitrogen and oxygen atoms in total. The van der Waals surface area contributed by atoms with Crippen LogP contribution in [0.3, 0.4) is 0 Å². The maximum absolute atomic E-state index is 11.7. The molecule has 0 fully saturated rings. The Morgan fingerprint density at radius 2 is 2.06 bits per heavy atom. The Labute approximate surface area is 103 Å². The van der Waals surface area contributed by atoms with Crippen LogP contribution in [-0.2, 0) is 16.0 Å². The molecule has 1 aromatic rings. The number of halogens is 1. The summed E-state index contributed by atoms with van der Waals surface area (Å²) < 4.78 is 5.61. The third-order valence-corrected chi connectivity index (χ3v) is 2.68. The van der Waals surface area contributed by atoms with E-state index in [1.807, 2.05) is 0 Å². The Kier molecular flexibility index (Phi) is 4.68. The molecule has 0 saturated carbocycles. The van der Waals surface area contributed by atoms with E-state index in [2.05, 4.69) is 15.9 Å². The number of rotatable bonds is 4. The maximum atomic E-state index is 11.7. The van der Waals surface area contributed by atoms with Gasteiger partial charge >= 0.3 is 5.97 Å². The summed E-state index contributed by atoms with van der Waals surface area (Å²) >= 11 is 3.30. The van der Waals surface area contributed by atoms with Crippen LogP contribution in [0.2, 0.25) is 0 Å². The fourth-order valence-electron chi connectivity index (χ4n) is 1.42. The topological polar surface area (TPSA) is 43.4 Å². The molecule has 16 heavy (non-hydrogen) atoms. The second-order valence-corrected chi connectivity index (χ2v) is 4.23. The summed E-state index contributed by atoms with van der Waals surface area (Å²) in [6, 6.07) is 5.32. The molecule has 1 aromatic carbocycles. The average Bonchev–Trinajstić information content (AvgIpc) is 2.16. The van der Waals surface area contributed by atoms with Crippen LogP contribution in [-0.4, -0.2) is 18.4 Å². The molecule has 86 valence electrons. The molecule has 0 aromatic heterocycles. The summed E-state index contributed by atoms with van der Waals surface area (Å²) in [7, 11) is 0. The van der Waals surface area contributed by atoms with Crippen LogP contribution in [0.15, 0.2) is 22.7 Å². The number of ketones is 1. The van der Waals surface area contributed by atoms with Crippen molar-refractivity contribution in [3.63, 3.8) is 0 Å². The number of hydrogen-bond acceptors (Lipinski definition) is 3. The van der Waals surface area contributed by atoms with Gasteiger partial charge in [-0.15, -0.1) is 0 Å². The van der Waals surface area contributed by atoms with E-state index in [1.165, 1.54) is 6.92 Å². The van der Waals surface area contributed by atoms with E-state index in [-0.39, 0.29) is 12.2 Å². The lowest BCUT2D eigenvalue weighted by molar-refractivity contribution is -0.116. The van der Waals surface area contributed by atoms with E-state index in [1.54, 1.807) is 25.1 Å². The largest absolute Gasteiger partial charge is 0.462 e. The van der Waals surface area contributed by atoms with Crippen molar-refractivity contribution in [2.45, 2.75) is 20.3 Å². The molecule has 0 atom stereocenters. The van der Waals surface area contributed by atoms with Crippen LogP contribution < -0.4 is 0 Å². The minimum absolute atomic E-state index is 0.0173. The summed E-state index contributed by atoms with van der Waals surface area (Å²) in [5, 5.41) is 0. The standard InChI is InChI=1S/C12H13BrO3/c1-3-16-12(15)11-9(7-8(2)14)5-4-6-10(11)13/h4-6H,3,7H2,1-2H3. The SMILES string of the molecule is CCOC(=O)c1c(Br)cccc1CC(C)=O. The first-order valence-corrected chi connectivity index (χ1v) is 5.79. The van der Waals surface area contributed by atoms with Crippen LogP contribution in [0.1, 0.15) is 29.8 Å². The molecule has 0 aliphatic carbocycles. The Balaban J connectivity index is 3.12. The van der Waals surface area contributed by atoms with Crippen LogP contribution in [0, 0.1) is 0 Å². The second kappa shape index (κ2) is 5.80. The van der Waals surface area contributed by atoms with Gasteiger partial charge in [0.15, 0.2) is 0 Å². The van der Waals surface area contributed by atoms with E-state index in [9.17, 15) is 9.59 Å². The molecule has 0 radical (unpaired) electrons. The van der Waals surface area contributed by atoms with Crippen molar-refractivity contribution in [2.24, 2.45) is 0 Å². The number of hydrogen-bond donors (Lipinski definition) is 0. The monoisotopic (exact) mass is 284 g/mol. The maximum Gasteiger partial charge on any atom is 0.339 e. The number of carbonyl (C=O) groups is 2. The lowest BCUT2D eigenvalue weighted by Gasteiger charge is -2.09. The van der Waals surface area contributed by atoms with Gasteiger partial charge in [0.1, 0.15) is 5.78 Å². The quantitative estimate of drug-likeness (QED) is 0.799. The molecule has 0 unspecified atom stereocenters. The van der Waals surface area contributed by atoms with E-state index >= 15 is 0 Å². The van der Waals surface area contributed by atoms with E-state index in [0.29, 0.717) is 22.2 Å². The normalized spacial score (nSPS) is 9.94. The van der Waals surface area contributed by atoms with Gasteiger partial charge in [-0.3, -0.25) is 4.79 Å². The van der Waals surface area contributed by atoms with Crippen molar-refractivity contribution in [3.05, 3.63) is 33.8 Å². The highest BCUT2D eigenvalue weighted by Gasteiger charge is 2.16. The van der Waals surface area contributed by atoms with Gasteiger partial charge in [-0.25, -0.2) is 4.79 Å². The van der Waals surface area contributed by atoms with Crippen LogP contribution in [0.4, 0.5) is 0 Å². The van der Waals surface area contributed by atoms with E-state index in [0.717, 1.165) is 0 Å². The summed E-state index contributed by atoms with van der Waals surface area (Å²) in [4.78, 5) is 22.8. The molecule has 0 heterocycles. The molecule has 0 aliphatic rings. The van der Waals surface area contributed by atoms with Gasteiger partial charge in [0.2, 0.25) is 0 Å². The summed E-state index contributed by atoms with van der Waals surface area (Å²) in [5.41, 5.74) is 1.14. The average molecular weight is 285 g/mol. The summed E-state index contributed by atoms with van der Waals surface area (Å²) in [6.45, 7) is 3.56. The van der Waals surface area contributed by atoms with Crippen molar-refractivity contribution in [3.8, 4) is 0 Å². The molecular weight excluding hydrogens is 272 g/mol. The number of Topliss-reactive ketones (excluding diaryl/α,β-unsaturated/α-hetero) is 1. The third kappa shape index (κ3) is 3.17. The molecule has 0 N–H and O–H groups in total. The summed E-state index contributed by atoms with van der Waals surface area (Å²) in [6.07, 6.45) is 0.244. The molecule has 0 bridgehead atoms. The van der Waals surface area contributed by atoms with Crippen molar-refractivity contribution >= 4 is 27.7 Å². The minimum Gasteiger partial charge on any atom is -0.462 e. The molecular formula is C12H13BrO3. The number of benzene rings is 1. The first-order chi connectivity index (χ1) is 7.56. The lowest BCUT2D eigenvalue weighted by Crippen LogP contribution is -2.11. The lowest BCUT2D eigenvalue weighted by atomic mass is 10.0. The fraction of sp³-hybridized carbons (Fsp3) is 0.333. The van der Waals surface area contributed by atoms with Crippen LogP contribution in [0.5, 0.6) is 0 Å². The zero-order chi connectivity index (χ0) is 12.1. The van der Waals surface area contributed by atoms with E-state index in [4.69, 9.17) is 4.74 Å². The first kappa shape index (κ1) is 12.9. The second-order valence-electron chi connectivity index (χ2n) is 3.37. The van der Waals surface area contributed by atoms with Crippen LogP contribution >= 0.6 is 15.9 Å². The predicted molar refractivity (Wildman–Crippen MR) is 64.5 cm³/mol. The van der Waals surface area contributed by atoms with Crippen molar-refractivity contribution in [2.75, 3.05) is 6.61 Å². The molecule has 0 spiro atoms.